The van der Waals surface area contributed by atoms with Gasteiger partial charge in [-0.05, 0) is 43.4 Å². The summed E-state index contributed by atoms with van der Waals surface area (Å²) < 4.78 is 43.1. The van der Waals surface area contributed by atoms with Crippen LogP contribution in [0.3, 0.4) is 0 Å². The number of nitrogens with one attached hydrogen (secondary N) is 1. The highest BCUT2D eigenvalue weighted by Crippen LogP contribution is 2.37. The molecular weight excluding hydrogens is 345 g/mol. The van der Waals surface area contributed by atoms with Crippen LogP contribution in [0.2, 0.25) is 0 Å². The van der Waals surface area contributed by atoms with E-state index in [-0.39, 0.29) is 17.9 Å². The molecule has 3 rings (SSSR count). The quantitative estimate of drug-likeness (QED) is 0.837. The number of ether oxygens (including phenoxy) is 1. The van der Waals surface area contributed by atoms with E-state index in [0.717, 1.165) is 56.8 Å². The van der Waals surface area contributed by atoms with Gasteiger partial charge in [0.2, 0.25) is 5.91 Å². The molecule has 1 amide bonds. The third-order valence-corrected chi connectivity index (χ3v) is 5.50. The molecule has 2 fully saturated rings. The molecule has 0 aromatic heterocycles. The first-order valence-corrected chi connectivity index (χ1v) is 9.15. The summed E-state index contributed by atoms with van der Waals surface area (Å²) in [4.78, 5) is 14.6. The Labute approximate surface area is 151 Å². The fraction of sp³-hybridized carbons (Fsp3) is 0.632. The molecule has 1 saturated heterocycles. The van der Waals surface area contributed by atoms with Gasteiger partial charge in [-0.15, -0.1) is 0 Å². The fourth-order valence-corrected chi connectivity index (χ4v) is 3.70. The van der Waals surface area contributed by atoms with E-state index < -0.39 is 11.7 Å². The van der Waals surface area contributed by atoms with Crippen molar-refractivity contribution in [3.05, 3.63) is 35.4 Å². The zero-order valence-electron chi connectivity index (χ0n) is 14.8. The molecule has 1 aliphatic carbocycles. The molecule has 1 heterocycles. The number of hydrogen-bond acceptors (Lipinski definition) is 3. The second-order valence-corrected chi connectivity index (χ2v) is 7.15. The van der Waals surface area contributed by atoms with Gasteiger partial charge in [-0.25, -0.2) is 0 Å². The summed E-state index contributed by atoms with van der Waals surface area (Å²) in [5, 5.41) is 3.03. The number of aryl methyl sites for hydroxylation is 1. The van der Waals surface area contributed by atoms with Crippen LogP contribution in [-0.4, -0.2) is 49.2 Å². The minimum atomic E-state index is -4.33. The van der Waals surface area contributed by atoms with Gasteiger partial charge in [0.05, 0.1) is 18.8 Å². The first-order valence-electron chi connectivity index (χ1n) is 9.15. The summed E-state index contributed by atoms with van der Waals surface area (Å²) in [6.45, 7) is 3.93. The molecule has 0 atom stereocenters. The third-order valence-electron chi connectivity index (χ3n) is 5.50. The number of halogens is 3. The molecule has 0 bridgehead atoms. The zero-order chi connectivity index (χ0) is 18.6. The van der Waals surface area contributed by atoms with Gasteiger partial charge >= 0.3 is 6.18 Å². The molecule has 1 saturated carbocycles. The smallest absolute Gasteiger partial charge is 0.379 e. The van der Waals surface area contributed by atoms with E-state index in [0.29, 0.717) is 13.0 Å². The Morgan fingerprint density at radius 1 is 1.15 bits per heavy atom. The largest absolute Gasteiger partial charge is 0.416 e. The van der Waals surface area contributed by atoms with Crippen molar-refractivity contribution in [2.24, 2.45) is 0 Å². The lowest BCUT2D eigenvalue weighted by atomic mass is 9.75. The van der Waals surface area contributed by atoms with Gasteiger partial charge in [0.25, 0.3) is 0 Å². The molecule has 0 spiro atoms. The van der Waals surface area contributed by atoms with Gasteiger partial charge in [-0.1, -0.05) is 12.1 Å². The van der Waals surface area contributed by atoms with E-state index in [1.165, 1.54) is 18.6 Å². The van der Waals surface area contributed by atoms with Crippen LogP contribution in [0.25, 0.3) is 0 Å². The topological polar surface area (TPSA) is 41.6 Å². The number of nitrogens with zero attached hydrogens (tertiary/aromatic N) is 1. The first kappa shape index (κ1) is 19.2. The second kappa shape index (κ2) is 7.96. The second-order valence-electron chi connectivity index (χ2n) is 7.15. The van der Waals surface area contributed by atoms with Gasteiger partial charge in [-0.2, -0.15) is 13.2 Å². The summed E-state index contributed by atoms with van der Waals surface area (Å²) in [5.41, 5.74) is 0.135. The maximum absolute atomic E-state index is 12.6. The minimum absolute atomic E-state index is 0.0515. The predicted octanol–water partition coefficient (Wildman–Crippen LogP) is 3.01. The van der Waals surface area contributed by atoms with E-state index in [9.17, 15) is 18.0 Å². The van der Waals surface area contributed by atoms with Crippen molar-refractivity contribution in [2.45, 2.75) is 43.8 Å². The van der Waals surface area contributed by atoms with Gasteiger partial charge in [0, 0.05) is 31.6 Å². The molecule has 1 aromatic carbocycles. The van der Waals surface area contributed by atoms with Crippen molar-refractivity contribution in [2.75, 3.05) is 32.8 Å². The highest BCUT2D eigenvalue weighted by Gasteiger charge is 2.42. The Bertz CT molecular complexity index is 606. The Morgan fingerprint density at radius 3 is 2.35 bits per heavy atom. The molecule has 0 radical (unpaired) electrons. The van der Waals surface area contributed by atoms with Gasteiger partial charge in [0.15, 0.2) is 0 Å². The summed E-state index contributed by atoms with van der Waals surface area (Å²) in [7, 11) is 0. The number of hydrogen-bond donors (Lipinski definition) is 1. The number of morpholine rings is 1. The normalized spacial score (nSPS) is 20.4. The van der Waals surface area contributed by atoms with Crippen LogP contribution in [0.5, 0.6) is 0 Å². The maximum Gasteiger partial charge on any atom is 0.416 e. The molecule has 1 aliphatic heterocycles. The van der Waals surface area contributed by atoms with E-state index in [2.05, 4.69) is 10.2 Å². The molecule has 144 valence electrons. The van der Waals surface area contributed by atoms with E-state index in [1.807, 2.05) is 0 Å². The summed E-state index contributed by atoms with van der Waals surface area (Å²) >= 11 is 0. The van der Waals surface area contributed by atoms with Crippen LogP contribution in [0.15, 0.2) is 24.3 Å². The molecular formula is C19H25F3N2O2. The van der Waals surface area contributed by atoms with Gasteiger partial charge in [-0.3, -0.25) is 9.69 Å². The predicted molar refractivity (Wildman–Crippen MR) is 91.7 cm³/mol. The van der Waals surface area contributed by atoms with Crippen molar-refractivity contribution in [1.82, 2.24) is 10.2 Å². The van der Waals surface area contributed by atoms with Crippen LogP contribution in [-0.2, 0) is 22.1 Å². The number of amides is 1. The van der Waals surface area contributed by atoms with Crippen molar-refractivity contribution >= 4 is 5.91 Å². The summed E-state index contributed by atoms with van der Waals surface area (Å²) in [6.07, 6.45) is -0.247. The average molecular weight is 370 g/mol. The monoisotopic (exact) mass is 370 g/mol. The first-order chi connectivity index (χ1) is 12.4. The number of carbonyl (C=O) groups excluding carboxylic acids is 1. The number of benzene rings is 1. The van der Waals surface area contributed by atoms with Crippen molar-refractivity contribution < 1.29 is 22.7 Å². The van der Waals surface area contributed by atoms with Gasteiger partial charge in [0.1, 0.15) is 0 Å². The lowest BCUT2D eigenvalue weighted by Gasteiger charge is -2.51. The van der Waals surface area contributed by atoms with Crippen LogP contribution >= 0.6 is 0 Å². The van der Waals surface area contributed by atoms with Crippen molar-refractivity contribution in [3.63, 3.8) is 0 Å². The average Bonchev–Trinajstić information content (AvgIpc) is 2.59. The molecule has 0 unspecified atom stereocenters. The van der Waals surface area contributed by atoms with E-state index >= 15 is 0 Å². The summed E-state index contributed by atoms with van der Waals surface area (Å²) in [5.74, 6) is -0.0515. The molecule has 1 N–H and O–H groups in total. The van der Waals surface area contributed by atoms with Crippen molar-refractivity contribution in [1.29, 1.82) is 0 Å². The SMILES string of the molecule is O=C(CCc1ccc(C(F)(F)F)cc1)NCC1(N2CCOCC2)CCC1. The fourth-order valence-electron chi connectivity index (χ4n) is 3.70. The Kier molecular flexibility index (Phi) is 5.87. The number of carbonyl (C=O) groups is 1. The Hall–Kier alpha value is -1.60. The minimum Gasteiger partial charge on any atom is -0.379 e. The highest BCUT2D eigenvalue weighted by molar-refractivity contribution is 5.76. The van der Waals surface area contributed by atoms with E-state index in [1.54, 1.807) is 0 Å². The van der Waals surface area contributed by atoms with Crippen molar-refractivity contribution in [3.8, 4) is 0 Å². The number of alkyl halides is 3. The van der Waals surface area contributed by atoms with Crippen LogP contribution in [0, 0.1) is 0 Å². The zero-order valence-corrected chi connectivity index (χ0v) is 14.8. The summed E-state index contributed by atoms with van der Waals surface area (Å²) in [6, 6.07) is 5.01. The Morgan fingerprint density at radius 2 is 1.81 bits per heavy atom. The molecule has 1 aromatic rings. The van der Waals surface area contributed by atoms with E-state index in [4.69, 9.17) is 4.74 Å². The third kappa shape index (κ3) is 4.57. The Balaban J connectivity index is 1.45. The lowest BCUT2D eigenvalue weighted by molar-refractivity contribution is -0.137. The van der Waals surface area contributed by atoms with Crippen LogP contribution in [0.1, 0.15) is 36.8 Å². The standard InChI is InChI=1S/C19H25F3N2O2/c20-19(21,22)16-5-2-15(3-6-16)4-7-17(25)23-14-18(8-1-9-18)24-10-12-26-13-11-24/h2-3,5-6H,1,4,7-14H2,(H,23,25). The number of rotatable bonds is 6. The molecule has 4 nitrogen and oxygen atoms in total. The van der Waals surface area contributed by atoms with Crippen LogP contribution < -0.4 is 5.32 Å². The highest BCUT2D eigenvalue weighted by atomic mass is 19.4. The molecule has 7 heteroatoms. The maximum atomic E-state index is 12.6. The lowest BCUT2D eigenvalue weighted by Crippen LogP contribution is -2.62. The molecule has 26 heavy (non-hydrogen) atoms. The van der Waals surface area contributed by atoms with Crippen LogP contribution in [0.4, 0.5) is 13.2 Å². The molecule has 2 aliphatic rings. The van der Waals surface area contributed by atoms with Gasteiger partial charge < -0.3 is 10.1 Å².